The molecule has 9 heavy (non-hydrogen) atoms. The highest BCUT2D eigenvalue weighted by molar-refractivity contribution is 5.87. The van der Waals surface area contributed by atoms with Crippen LogP contribution in [0.25, 0.3) is 0 Å². The SMILES string of the molecule is C=COC(=O)C(=C)C.O. The first-order valence-corrected chi connectivity index (χ1v) is 2.16. The van der Waals surface area contributed by atoms with Crippen LogP contribution in [-0.4, -0.2) is 11.4 Å². The normalized spacial score (nSPS) is 6.78. The number of hydrogen-bond donors (Lipinski definition) is 0. The molecule has 0 heterocycles. The van der Waals surface area contributed by atoms with Crippen molar-refractivity contribution in [3.63, 3.8) is 0 Å². The van der Waals surface area contributed by atoms with Crippen LogP contribution in [0.1, 0.15) is 6.92 Å². The summed E-state index contributed by atoms with van der Waals surface area (Å²) in [5.74, 6) is -0.431. The first kappa shape index (κ1) is 10.8. The van der Waals surface area contributed by atoms with Gasteiger partial charge in [-0.15, -0.1) is 0 Å². The summed E-state index contributed by atoms with van der Waals surface area (Å²) in [6.45, 7) is 8.13. The Labute approximate surface area is 53.9 Å². The predicted molar refractivity (Wildman–Crippen MR) is 34.7 cm³/mol. The van der Waals surface area contributed by atoms with E-state index in [0.717, 1.165) is 6.26 Å². The first-order chi connectivity index (χ1) is 3.68. The van der Waals surface area contributed by atoms with E-state index < -0.39 is 5.97 Å². The van der Waals surface area contributed by atoms with E-state index in [9.17, 15) is 4.79 Å². The van der Waals surface area contributed by atoms with Gasteiger partial charge in [-0.05, 0) is 6.92 Å². The standard InChI is InChI=1S/C6H8O2.H2O/c1-4-8-6(7)5(2)3;/h4H,1-2H2,3H3;1H2. The second-order valence-corrected chi connectivity index (χ2v) is 1.35. The van der Waals surface area contributed by atoms with Gasteiger partial charge in [-0.2, -0.15) is 0 Å². The topological polar surface area (TPSA) is 57.8 Å². The summed E-state index contributed by atoms with van der Waals surface area (Å²) in [7, 11) is 0. The van der Waals surface area contributed by atoms with Crippen LogP contribution in [0, 0.1) is 0 Å². The summed E-state index contributed by atoms with van der Waals surface area (Å²) in [6.07, 6.45) is 1.08. The van der Waals surface area contributed by atoms with Gasteiger partial charge in [0.15, 0.2) is 0 Å². The molecular weight excluding hydrogens is 120 g/mol. The van der Waals surface area contributed by atoms with Crippen LogP contribution >= 0.6 is 0 Å². The van der Waals surface area contributed by atoms with Crippen molar-refractivity contribution in [1.29, 1.82) is 0 Å². The fraction of sp³-hybridized carbons (Fsp3) is 0.167. The molecule has 52 valence electrons. The summed E-state index contributed by atoms with van der Waals surface area (Å²) in [5.41, 5.74) is 0.380. The Morgan fingerprint density at radius 2 is 2.11 bits per heavy atom. The van der Waals surface area contributed by atoms with Crippen LogP contribution in [0.3, 0.4) is 0 Å². The summed E-state index contributed by atoms with van der Waals surface area (Å²) in [5, 5.41) is 0. The molecule has 0 saturated heterocycles. The zero-order chi connectivity index (χ0) is 6.57. The maximum atomic E-state index is 10.3. The third-order valence-corrected chi connectivity index (χ3v) is 0.539. The average molecular weight is 130 g/mol. The highest BCUT2D eigenvalue weighted by Gasteiger charge is 1.97. The fourth-order valence-corrected chi connectivity index (χ4v) is 0.176. The molecule has 0 atom stereocenters. The number of carbonyl (C=O) groups is 1. The van der Waals surface area contributed by atoms with Gasteiger partial charge in [0.1, 0.15) is 0 Å². The van der Waals surface area contributed by atoms with Crippen LogP contribution in [0.4, 0.5) is 0 Å². The smallest absolute Gasteiger partial charge is 0.337 e. The lowest BCUT2D eigenvalue weighted by Crippen LogP contribution is -1.98. The number of ether oxygens (including phenoxy) is 1. The summed E-state index contributed by atoms with van der Waals surface area (Å²) in [6, 6.07) is 0. The fourth-order valence-electron chi connectivity index (χ4n) is 0.176. The molecule has 3 nitrogen and oxygen atoms in total. The minimum absolute atomic E-state index is 0. The van der Waals surface area contributed by atoms with Crippen LogP contribution in [-0.2, 0) is 9.53 Å². The molecule has 0 aliphatic rings. The number of hydrogen-bond acceptors (Lipinski definition) is 2. The lowest BCUT2D eigenvalue weighted by atomic mass is 10.4. The molecule has 0 aliphatic heterocycles. The van der Waals surface area contributed by atoms with Crippen molar-refractivity contribution < 1.29 is 15.0 Å². The Kier molecular flexibility index (Phi) is 6.07. The molecule has 0 radical (unpaired) electrons. The highest BCUT2D eigenvalue weighted by Crippen LogP contribution is 1.90. The van der Waals surface area contributed by atoms with E-state index in [-0.39, 0.29) is 5.48 Å². The summed E-state index contributed by atoms with van der Waals surface area (Å²) in [4.78, 5) is 10.3. The van der Waals surface area contributed by atoms with Gasteiger partial charge in [-0.25, -0.2) is 4.79 Å². The van der Waals surface area contributed by atoms with Crippen LogP contribution in [0.15, 0.2) is 25.0 Å². The zero-order valence-corrected chi connectivity index (χ0v) is 5.31. The van der Waals surface area contributed by atoms with Gasteiger partial charge in [0.25, 0.3) is 0 Å². The molecule has 0 rings (SSSR count). The monoisotopic (exact) mass is 130 g/mol. The molecule has 0 unspecified atom stereocenters. The molecule has 0 fully saturated rings. The maximum absolute atomic E-state index is 10.3. The minimum atomic E-state index is -0.431. The van der Waals surface area contributed by atoms with E-state index in [1.807, 2.05) is 0 Å². The number of esters is 1. The first-order valence-electron chi connectivity index (χ1n) is 2.16. The predicted octanol–water partition coefficient (Wildman–Crippen LogP) is 0.424. The van der Waals surface area contributed by atoms with E-state index in [2.05, 4.69) is 17.9 Å². The molecule has 0 bridgehead atoms. The molecule has 2 N–H and O–H groups in total. The van der Waals surface area contributed by atoms with Crippen molar-refractivity contribution in [2.24, 2.45) is 0 Å². The van der Waals surface area contributed by atoms with Gasteiger partial charge < -0.3 is 10.2 Å². The van der Waals surface area contributed by atoms with Gasteiger partial charge in [0.2, 0.25) is 0 Å². The van der Waals surface area contributed by atoms with Crippen molar-refractivity contribution >= 4 is 5.97 Å². The summed E-state index contributed by atoms with van der Waals surface area (Å²) >= 11 is 0. The Morgan fingerprint density at radius 3 is 2.22 bits per heavy atom. The third kappa shape index (κ3) is 4.77. The average Bonchev–Trinajstić information content (AvgIpc) is 1.67. The van der Waals surface area contributed by atoms with Gasteiger partial charge in [0, 0.05) is 5.57 Å². The van der Waals surface area contributed by atoms with Crippen LogP contribution in [0.2, 0.25) is 0 Å². The van der Waals surface area contributed by atoms with Crippen molar-refractivity contribution in [2.45, 2.75) is 6.92 Å². The van der Waals surface area contributed by atoms with E-state index in [1.54, 1.807) is 6.92 Å². The Hall–Kier alpha value is -1.09. The molecule has 0 aromatic rings. The van der Waals surface area contributed by atoms with Crippen LogP contribution in [0.5, 0.6) is 0 Å². The maximum Gasteiger partial charge on any atom is 0.337 e. The van der Waals surface area contributed by atoms with Crippen molar-refractivity contribution in [1.82, 2.24) is 0 Å². The van der Waals surface area contributed by atoms with Gasteiger partial charge in [-0.1, -0.05) is 13.2 Å². The molecular formula is C6H10O3. The quantitative estimate of drug-likeness (QED) is 0.309. The van der Waals surface area contributed by atoms with Crippen LogP contribution < -0.4 is 0 Å². The molecule has 0 aromatic heterocycles. The Balaban J connectivity index is 0. The zero-order valence-electron chi connectivity index (χ0n) is 5.31. The lowest BCUT2D eigenvalue weighted by molar-refractivity contribution is -0.133. The number of carbonyl (C=O) groups excluding carboxylic acids is 1. The number of rotatable bonds is 2. The van der Waals surface area contributed by atoms with E-state index >= 15 is 0 Å². The molecule has 0 spiro atoms. The van der Waals surface area contributed by atoms with Gasteiger partial charge in [-0.3, -0.25) is 0 Å². The van der Waals surface area contributed by atoms with Crippen molar-refractivity contribution in [3.05, 3.63) is 25.0 Å². The van der Waals surface area contributed by atoms with Gasteiger partial charge >= 0.3 is 5.97 Å². The van der Waals surface area contributed by atoms with Crippen molar-refractivity contribution in [2.75, 3.05) is 0 Å². The Morgan fingerprint density at radius 1 is 1.67 bits per heavy atom. The molecule has 0 aromatic carbocycles. The second-order valence-electron chi connectivity index (χ2n) is 1.35. The third-order valence-electron chi connectivity index (χ3n) is 0.539. The highest BCUT2D eigenvalue weighted by atomic mass is 16.5. The molecule has 3 heteroatoms. The van der Waals surface area contributed by atoms with E-state index in [1.165, 1.54) is 0 Å². The Bertz CT molecular complexity index is 126. The lowest BCUT2D eigenvalue weighted by Gasteiger charge is -1.92. The van der Waals surface area contributed by atoms with Crippen molar-refractivity contribution in [3.8, 4) is 0 Å². The van der Waals surface area contributed by atoms with Gasteiger partial charge in [0.05, 0.1) is 6.26 Å². The largest absolute Gasteiger partial charge is 0.432 e. The molecule has 0 saturated carbocycles. The minimum Gasteiger partial charge on any atom is -0.432 e. The molecule has 0 aliphatic carbocycles. The second kappa shape index (κ2) is 5.05. The molecule has 0 amide bonds. The van der Waals surface area contributed by atoms with E-state index in [0.29, 0.717) is 5.57 Å². The summed E-state index contributed by atoms with van der Waals surface area (Å²) < 4.78 is 4.33. The van der Waals surface area contributed by atoms with E-state index in [4.69, 9.17) is 0 Å².